The summed E-state index contributed by atoms with van der Waals surface area (Å²) < 4.78 is 1.67. The van der Waals surface area contributed by atoms with Crippen molar-refractivity contribution < 1.29 is 0 Å². The van der Waals surface area contributed by atoms with Crippen molar-refractivity contribution >= 4 is 6.20 Å². The lowest BCUT2D eigenvalue weighted by Gasteiger charge is -1.97. The van der Waals surface area contributed by atoms with Gasteiger partial charge in [0.05, 0.1) is 0 Å². The lowest BCUT2D eigenvalue weighted by Crippen LogP contribution is -2.14. The molecule has 0 aliphatic carbocycles. The molecule has 1 aromatic rings. The Morgan fingerprint density at radius 2 is 2.30 bits per heavy atom. The Kier molecular flexibility index (Phi) is 1.01. The van der Waals surface area contributed by atoms with Gasteiger partial charge in [0.2, 0.25) is 0 Å². The predicted molar refractivity (Wildman–Crippen MR) is 39.7 cm³/mol. The molecular formula is C8H7NO. The van der Waals surface area contributed by atoms with Crippen molar-refractivity contribution in [2.45, 2.75) is 6.42 Å². The summed E-state index contributed by atoms with van der Waals surface area (Å²) in [6.45, 7) is 0. The molecule has 10 heavy (non-hydrogen) atoms. The molecule has 2 rings (SSSR count). The third-order valence-corrected chi connectivity index (χ3v) is 1.66. The second-order valence-electron chi connectivity index (χ2n) is 2.31. The van der Waals surface area contributed by atoms with Gasteiger partial charge < -0.3 is 0 Å². The van der Waals surface area contributed by atoms with Gasteiger partial charge in [-0.25, -0.2) is 0 Å². The van der Waals surface area contributed by atoms with Crippen molar-refractivity contribution in [2.75, 3.05) is 0 Å². The molecule has 0 amide bonds. The molecule has 0 unspecified atom stereocenters. The first kappa shape index (κ1) is 5.47. The van der Waals surface area contributed by atoms with E-state index in [0.29, 0.717) is 0 Å². The lowest BCUT2D eigenvalue weighted by molar-refractivity contribution is 0.996. The van der Waals surface area contributed by atoms with Crippen molar-refractivity contribution in [1.29, 1.82) is 0 Å². The van der Waals surface area contributed by atoms with Gasteiger partial charge >= 0.3 is 0 Å². The average Bonchev–Trinajstić information content (AvgIpc) is 2.36. The number of allylic oxidation sites excluding steroid dienone is 1. The van der Waals surface area contributed by atoms with Crippen LogP contribution in [0.3, 0.4) is 0 Å². The topological polar surface area (TPSA) is 22.0 Å². The first-order chi connectivity index (χ1) is 4.88. The van der Waals surface area contributed by atoms with E-state index in [4.69, 9.17) is 0 Å². The average molecular weight is 133 g/mol. The third kappa shape index (κ3) is 0.620. The highest BCUT2D eigenvalue weighted by molar-refractivity contribution is 5.35. The van der Waals surface area contributed by atoms with Gasteiger partial charge in [-0.3, -0.25) is 9.36 Å². The zero-order valence-corrected chi connectivity index (χ0v) is 5.45. The van der Waals surface area contributed by atoms with E-state index >= 15 is 0 Å². The van der Waals surface area contributed by atoms with Gasteiger partial charge in [0, 0.05) is 24.4 Å². The summed E-state index contributed by atoms with van der Waals surface area (Å²) in [5.74, 6) is 0. The minimum absolute atomic E-state index is 0.0613. The Balaban J connectivity index is 2.79. The van der Waals surface area contributed by atoms with Crippen LogP contribution in [0.5, 0.6) is 0 Å². The zero-order valence-electron chi connectivity index (χ0n) is 5.45. The minimum atomic E-state index is 0.0613. The lowest BCUT2D eigenvalue weighted by atomic mass is 10.3. The molecule has 0 atom stereocenters. The normalized spacial score (nSPS) is 13.6. The quantitative estimate of drug-likeness (QED) is 0.514. The molecule has 0 aromatic carbocycles. The molecular weight excluding hydrogens is 126 g/mol. The molecule has 0 spiro atoms. The molecule has 2 heteroatoms. The molecule has 1 aliphatic rings. The molecule has 0 N–H and O–H groups in total. The minimum Gasteiger partial charge on any atom is -0.288 e. The second-order valence-corrected chi connectivity index (χ2v) is 2.31. The van der Waals surface area contributed by atoms with Crippen LogP contribution in [0.4, 0.5) is 0 Å². The predicted octanol–water partition coefficient (Wildman–Crippen LogP) is 0.875. The van der Waals surface area contributed by atoms with Crippen LogP contribution in [0.15, 0.2) is 29.1 Å². The van der Waals surface area contributed by atoms with Crippen LogP contribution in [0, 0.1) is 0 Å². The summed E-state index contributed by atoms with van der Waals surface area (Å²) in [5.41, 5.74) is 1.14. The SMILES string of the molecule is O=c1cccc2n1C=CC2. The van der Waals surface area contributed by atoms with Crippen LogP contribution < -0.4 is 5.56 Å². The molecule has 0 saturated carbocycles. The van der Waals surface area contributed by atoms with E-state index < -0.39 is 0 Å². The maximum Gasteiger partial charge on any atom is 0.254 e. The smallest absolute Gasteiger partial charge is 0.254 e. The van der Waals surface area contributed by atoms with E-state index in [1.165, 1.54) is 0 Å². The van der Waals surface area contributed by atoms with E-state index in [0.717, 1.165) is 12.1 Å². The number of pyridine rings is 1. The van der Waals surface area contributed by atoms with Gasteiger partial charge in [0.25, 0.3) is 5.56 Å². The van der Waals surface area contributed by atoms with E-state index in [9.17, 15) is 4.79 Å². The second kappa shape index (κ2) is 1.84. The maximum atomic E-state index is 11.0. The third-order valence-electron chi connectivity index (χ3n) is 1.66. The highest BCUT2D eigenvalue weighted by atomic mass is 16.1. The Bertz CT molecular complexity index is 335. The monoisotopic (exact) mass is 133 g/mol. The molecule has 50 valence electrons. The van der Waals surface area contributed by atoms with Crippen LogP contribution in [0.2, 0.25) is 0 Å². The maximum absolute atomic E-state index is 11.0. The largest absolute Gasteiger partial charge is 0.288 e. The van der Waals surface area contributed by atoms with Crippen molar-refractivity contribution in [3.8, 4) is 0 Å². The van der Waals surface area contributed by atoms with E-state index in [2.05, 4.69) is 0 Å². The zero-order chi connectivity index (χ0) is 6.97. The Hall–Kier alpha value is -1.31. The summed E-state index contributed by atoms with van der Waals surface area (Å²) in [5, 5.41) is 0. The summed E-state index contributed by atoms with van der Waals surface area (Å²) in [6.07, 6.45) is 4.68. The van der Waals surface area contributed by atoms with Gasteiger partial charge in [-0.05, 0) is 6.07 Å². The summed E-state index contributed by atoms with van der Waals surface area (Å²) >= 11 is 0. The summed E-state index contributed by atoms with van der Waals surface area (Å²) in [6, 6.07) is 5.32. The van der Waals surface area contributed by atoms with Crippen molar-refractivity contribution in [1.82, 2.24) is 4.57 Å². The molecule has 2 nitrogen and oxygen atoms in total. The van der Waals surface area contributed by atoms with Crippen LogP contribution in [0.1, 0.15) is 5.69 Å². The standard InChI is InChI=1S/C8H7NO/c10-8-5-1-3-7-4-2-6-9(7)8/h1-3,5-6H,4H2. The van der Waals surface area contributed by atoms with Crippen molar-refractivity contribution in [3.63, 3.8) is 0 Å². The van der Waals surface area contributed by atoms with Crippen molar-refractivity contribution in [3.05, 3.63) is 40.3 Å². The molecule has 0 fully saturated rings. The number of hydrogen-bond acceptors (Lipinski definition) is 1. The fraction of sp³-hybridized carbons (Fsp3) is 0.125. The van der Waals surface area contributed by atoms with E-state index in [-0.39, 0.29) is 5.56 Å². The van der Waals surface area contributed by atoms with Crippen molar-refractivity contribution in [2.24, 2.45) is 0 Å². The fourth-order valence-corrected chi connectivity index (χ4v) is 1.16. The Labute approximate surface area is 58.4 Å². The molecule has 1 aliphatic heterocycles. The number of aromatic nitrogens is 1. The molecule has 0 saturated heterocycles. The molecule has 0 radical (unpaired) electrons. The highest BCUT2D eigenvalue weighted by Gasteiger charge is 2.02. The highest BCUT2D eigenvalue weighted by Crippen LogP contribution is 2.05. The van der Waals surface area contributed by atoms with Crippen LogP contribution in [-0.2, 0) is 6.42 Å². The van der Waals surface area contributed by atoms with Crippen LogP contribution in [0.25, 0.3) is 6.20 Å². The van der Waals surface area contributed by atoms with Gasteiger partial charge in [-0.15, -0.1) is 0 Å². The number of hydrogen-bond donors (Lipinski definition) is 0. The first-order valence-corrected chi connectivity index (χ1v) is 3.25. The number of nitrogens with zero attached hydrogens (tertiary/aromatic N) is 1. The fourth-order valence-electron chi connectivity index (χ4n) is 1.16. The number of fused-ring (bicyclic) bond motifs is 1. The molecule has 0 bridgehead atoms. The number of rotatable bonds is 0. The first-order valence-electron chi connectivity index (χ1n) is 3.25. The summed E-state index contributed by atoms with van der Waals surface area (Å²) in [7, 11) is 0. The van der Waals surface area contributed by atoms with Gasteiger partial charge in [0.1, 0.15) is 0 Å². The van der Waals surface area contributed by atoms with Crippen LogP contribution >= 0.6 is 0 Å². The van der Waals surface area contributed by atoms with E-state index in [1.54, 1.807) is 16.7 Å². The van der Waals surface area contributed by atoms with Gasteiger partial charge in [-0.2, -0.15) is 0 Å². The van der Waals surface area contributed by atoms with E-state index in [1.807, 2.05) is 18.3 Å². The Morgan fingerprint density at radius 1 is 1.40 bits per heavy atom. The molecule has 2 heterocycles. The van der Waals surface area contributed by atoms with Gasteiger partial charge in [-0.1, -0.05) is 12.1 Å². The summed E-state index contributed by atoms with van der Waals surface area (Å²) in [4.78, 5) is 11.0. The van der Waals surface area contributed by atoms with Gasteiger partial charge in [0.15, 0.2) is 0 Å². The Morgan fingerprint density at radius 3 is 3.10 bits per heavy atom. The van der Waals surface area contributed by atoms with Crippen LogP contribution in [-0.4, -0.2) is 4.57 Å². The molecule has 1 aromatic heterocycles.